The van der Waals surface area contributed by atoms with Crippen molar-refractivity contribution in [2.24, 2.45) is 0 Å². The fraction of sp³-hybridized carbons (Fsp3) is 0. The van der Waals surface area contributed by atoms with Gasteiger partial charge in [0, 0.05) is 17.1 Å². The molecule has 6 N–H and O–H groups in total. The van der Waals surface area contributed by atoms with E-state index in [1.807, 2.05) is 0 Å². The molecule has 0 saturated heterocycles. The van der Waals surface area contributed by atoms with Crippen LogP contribution < -0.4 is 17.2 Å². The topological polar surface area (TPSA) is 129 Å². The minimum Gasteiger partial charge on any atom is -0.399 e. The van der Waals surface area contributed by atoms with Crippen molar-refractivity contribution >= 4 is 52.6 Å². The first-order valence-corrected chi connectivity index (χ1v) is 10.2. The van der Waals surface area contributed by atoms with Gasteiger partial charge in [0.15, 0.2) is 0 Å². The summed E-state index contributed by atoms with van der Waals surface area (Å²) in [6.45, 7) is 0. The van der Waals surface area contributed by atoms with E-state index in [1.54, 1.807) is 72.8 Å². The van der Waals surface area contributed by atoms with Crippen molar-refractivity contribution in [1.29, 1.82) is 0 Å². The molecule has 0 aliphatic heterocycles. The highest BCUT2D eigenvalue weighted by molar-refractivity contribution is 6.54. The lowest BCUT2D eigenvalue weighted by atomic mass is 9.80. The quantitative estimate of drug-likeness (QED) is 0.327. The lowest BCUT2D eigenvalue weighted by Gasteiger charge is -2.18. The van der Waals surface area contributed by atoms with Crippen LogP contribution in [0.3, 0.4) is 0 Å². The lowest BCUT2D eigenvalue weighted by molar-refractivity contribution is -0.123. The van der Waals surface area contributed by atoms with Crippen LogP contribution in [0.5, 0.6) is 0 Å². The molecule has 0 bridgehead atoms. The zero-order chi connectivity index (χ0) is 23.5. The zero-order valence-corrected chi connectivity index (χ0v) is 17.6. The Morgan fingerprint density at radius 1 is 0.394 bits per heavy atom. The van der Waals surface area contributed by atoms with Crippen molar-refractivity contribution in [2.45, 2.75) is 0 Å². The Kier molecular flexibility index (Phi) is 5.74. The molecule has 162 valence electrons. The second-order valence-electron chi connectivity index (χ2n) is 7.66. The summed E-state index contributed by atoms with van der Waals surface area (Å²) in [6, 6.07) is 20.2. The standard InChI is InChI=1S/C27H21N3O3/c28-19-7-1-16(2-8-19)13-22-25(31)23(14-17-3-9-20(29)10-4-17)27(33)24(26(22)32)15-18-5-11-21(30)12-6-18/h1-15H,28-30H2. The van der Waals surface area contributed by atoms with Crippen LogP contribution in [0.1, 0.15) is 16.7 Å². The van der Waals surface area contributed by atoms with E-state index >= 15 is 0 Å². The summed E-state index contributed by atoms with van der Waals surface area (Å²) in [5.74, 6) is -1.89. The molecule has 0 aromatic heterocycles. The van der Waals surface area contributed by atoms with Gasteiger partial charge in [-0.05, 0) is 71.3 Å². The lowest BCUT2D eigenvalue weighted by Crippen LogP contribution is -2.31. The fourth-order valence-electron chi connectivity index (χ4n) is 3.41. The molecule has 0 spiro atoms. The van der Waals surface area contributed by atoms with Gasteiger partial charge >= 0.3 is 0 Å². The highest BCUT2D eigenvalue weighted by atomic mass is 16.2. The third-order valence-corrected chi connectivity index (χ3v) is 5.21. The van der Waals surface area contributed by atoms with E-state index in [4.69, 9.17) is 17.2 Å². The minimum atomic E-state index is -0.631. The summed E-state index contributed by atoms with van der Waals surface area (Å²) in [5, 5.41) is 0. The van der Waals surface area contributed by atoms with Gasteiger partial charge in [-0.15, -0.1) is 0 Å². The molecule has 1 aliphatic rings. The van der Waals surface area contributed by atoms with E-state index < -0.39 is 17.3 Å². The summed E-state index contributed by atoms with van der Waals surface area (Å²) in [7, 11) is 0. The molecule has 0 heterocycles. The van der Waals surface area contributed by atoms with Gasteiger partial charge in [-0.25, -0.2) is 0 Å². The van der Waals surface area contributed by atoms with Crippen LogP contribution in [0.25, 0.3) is 18.2 Å². The summed E-state index contributed by atoms with van der Waals surface area (Å²) < 4.78 is 0. The molecule has 1 saturated carbocycles. The molecule has 0 radical (unpaired) electrons. The van der Waals surface area contributed by atoms with E-state index in [0.717, 1.165) is 0 Å². The van der Waals surface area contributed by atoms with Crippen molar-refractivity contribution in [2.75, 3.05) is 17.2 Å². The van der Waals surface area contributed by atoms with Gasteiger partial charge < -0.3 is 17.2 Å². The zero-order valence-electron chi connectivity index (χ0n) is 17.6. The number of rotatable bonds is 3. The monoisotopic (exact) mass is 435 g/mol. The minimum absolute atomic E-state index is 0.0947. The highest BCUT2D eigenvalue weighted by Gasteiger charge is 2.38. The van der Waals surface area contributed by atoms with Gasteiger partial charge in [-0.1, -0.05) is 36.4 Å². The number of allylic oxidation sites excluding steroid dienone is 3. The van der Waals surface area contributed by atoms with E-state index in [0.29, 0.717) is 33.8 Å². The summed E-state index contributed by atoms with van der Waals surface area (Å²) >= 11 is 0. The highest BCUT2D eigenvalue weighted by Crippen LogP contribution is 2.29. The Bertz CT molecular complexity index is 1150. The maximum atomic E-state index is 13.3. The van der Waals surface area contributed by atoms with Gasteiger partial charge in [0.1, 0.15) is 0 Å². The van der Waals surface area contributed by atoms with E-state index in [1.165, 1.54) is 18.2 Å². The second kappa shape index (κ2) is 8.80. The SMILES string of the molecule is Nc1ccc(C=C2C(=O)C(=Cc3ccc(N)cc3)C(=O)C(=Cc3ccc(N)cc3)C2=O)cc1. The number of carbonyl (C=O) groups is 3. The van der Waals surface area contributed by atoms with Crippen molar-refractivity contribution in [3.05, 3.63) is 106 Å². The average Bonchev–Trinajstić information content (AvgIpc) is 2.81. The molecule has 6 nitrogen and oxygen atoms in total. The second-order valence-corrected chi connectivity index (χ2v) is 7.66. The molecular weight excluding hydrogens is 414 g/mol. The Morgan fingerprint density at radius 2 is 0.606 bits per heavy atom. The van der Waals surface area contributed by atoms with Crippen LogP contribution in [0.4, 0.5) is 17.1 Å². The molecule has 1 fully saturated rings. The van der Waals surface area contributed by atoms with E-state index in [9.17, 15) is 14.4 Å². The first-order valence-electron chi connectivity index (χ1n) is 10.2. The molecule has 33 heavy (non-hydrogen) atoms. The fourth-order valence-corrected chi connectivity index (χ4v) is 3.41. The molecule has 3 aromatic carbocycles. The van der Waals surface area contributed by atoms with Crippen molar-refractivity contribution in [3.8, 4) is 0 Å². The van der Waals surface area contributed by atoms with Gasteiger partial charge in [0.05, 0.1) is 16.7 Å². The van der Waals surface area contributed by atoms with Gasteiger partial charge in [0.2, 0.25) is 17.3 Å². The molecular formula is C27H21N3O3. The number of anilines is 3. The molecule has 0 atom stereocenters. The number of carbonyl (C=O) groups excluding carboxylic acids is 3. The summed E-state index contributed by atoms with van der Waals surface area (Å²) in [6.07, 6.45) is 4.43. The maximum absolute atomic E-state index is 13.3. The third kappa shape index (κ3) is 4.65. The van der Waals surface area contributed by atoms with Crippen LogP contribution in [0.15, 0.2) is 89.5 Å². The largest absolute Gasteiger partial charge is 0.399 e. The summed E-state index contributed by atoms with van der Waals surface area (Å²) in [5.41, 5.74) is 20.4. The number of nitrogens with two attached hydrogens (primary N) is 3. The smallest absolute Gasteiger partial charge is 0.200 e. The van der Waals surface area contributed by atoms with Crippen LogP contribution in [-0.4, -0.2) is 17.3 Å². The molecule has 1 aliphatic carbocycles. The van der Waals surface area contributed by atoms with Crippen LogP contribution in [-0.2, 0) is 14.4 Å². The Morgan fingerprint density at radius 3 is 0.818 bits per heavy atom. The van der Waals surface area contributed by atoms with Crippen molar-refractivity contribution in [3.63, 3.8) is 0 Å². The average molecular weight is 435 g/mol. The molecule has 0 amide bonds. The van der Waals surface area contributed by atoms with Crippen molar-refractivity contribution < 1.29 is 14.4 Å². The summed E-state index contributed by atoms with van der Waals surface area (Å²) in [4.78, 5) is 39.8. The third-order valence-electron chi connectivity index (χ3n) is 5.21. The molecule has 3 aromatic rings. The van der Waals surface area contributed by atoms with E-state index in [2.05, 4.69) is 0 Å². The number of benzene rings is 3. The number of hydrogen-bond donors (Lipinski definition) is 3. The maximum Gasteiger partial charge on any atom is 0.200 e. The van der Waals surface area contributed by atoms with Crippen LogP contribution in [0.2, 0.25) is 0 Å². The van der Waals surface area contributed by atoms with Gasteiger partial charge in [-0.2, -0.15) is 0 Å². The predicted molar refractivity (Wildman–Crippen MR) is 132 cm³/mol. The first-order chi connectivity index (χ1) is 15.8. The molecule has 0 unspecified atom stereocenters. The predicted octanol–water partition coefficient (Wildman–Crippen LogP) is 3.70. The number of ketones is 3. The molecule has 4 rings (SSSR count). The van der Waals surface area contributed by atoms with Gasteiger partial charge in [0.25, 0.3) is 0 Å². The number of Topliss-reactive ketones (excluding diaryl/α,β-unsaturated/α-hetero) is 3. The van der Waals surface area contributed by atoms with E-state index in [-0.39, 0.29) is 16.7 Å². The Labute approximate surface area is 190 Å². The number of nitrogen functional groups attached to an aromatic ring is 3. The Hall–Kier alpha value is -4.71. The van der Waals surface area contributed by atoms with Crippen molar-refractivity contribution in [1.82, 2.24) is 0 Å². The van der Waals surface area contributed by atoms with Crippen LogP contribution >= 0.6 is 0 Å². The normalized spacial score (nSPS) is 13.8. The first kappa shape index (κ1) is 21.5. The molecule has 6 heteroatoms. The van der Waals surface area contributed by atoms with Gasteiger partial charge in [-0.3, -0.25) is 14.4 Å². The number of hydrogen-bond acceptors (Lipinski definition) is 6. The van der Waals surface area contributed by atoms with Crippen LogP contribution in [0, 0.1) is 0 Å². The Balaban J connectivity index is 1.86.